The number of rotatable bonds is 10. The van der Waals surface area contributed by atoms with Gasteiger partial charge in [0.1, 0.15) is 12.6 Å². The van der Waals surface area contributed by atoms with E-state index in [-0.39, 0.29) is 30.9 Å². The summed E-state index contributed by atoms with van der Waals surface area (Å²) in [6.07, 6.45) is 5.30. The van der Waals surface area contributed by atoms with Crippen molar-refractivity contribution in [3.63, 3.8) is 0 Å². The summed E-state index contributed by atoms with van der Waals surface area (Å²) in [5, 5.41) is 16.2. The molecule has 1 saturated carbocycles. The number of benzene rings is 2. The highest BCUT2D eigenvalue weighted by Gasteiger charge is 2.29. The lowest BCUT2D eigenvalue weighted by molar-refractivity contribution is -0.141. The predicted octanol–water partition coefficient (Wildman–Crippen LogP) is 3.88. The number of methoxy groups -OCH3 is 2. The molecule has 3 aromatic rings. The highest BCUT2D eigenvalue weighted by molar-refractivity contribution is 6.31. The summed E-state index contributed by atoms with van der Waals surface area (Å²) >= 11 is 6.39. The monoisotopic (exact) mass is 540 g/mol. The predicted molar refractivity (Wildman–Crippen MR) is 143 cm³/mol. The molecule has 2 amide bonds. The van der Waals surface area contributed by atoms with Gasteiger partial charge in [-0.2, -0.15) is 4.80 Å². The van der Waals surface area contributed by atoms with Crippen molar-refractivity contribution in [2.75, 3.05) is 14.2 Å². The van der Waals surface area contributed by atoms with E-state index in [0.29, 0.717) is 27.9 Å². The first-order valence-electron chi connectivity index (χ1n) is 12.7. The second-order valence-electron chi connectivity index (χ2n) is 9.35. The van der Waals surface area contributed by atoms with Crippen LogP contribution in [0.4, 0.5) is 0 Å². The number of carbonyl (C=O) groups excluding carboxylic acids is 2. The summed E-state index contributed by atoms with van der Waals surface area (Å²) < 4.78 is 10.6. The van der Waals surface area contributed by atoms with Crippen LogP contribution in [0.25, 0.3) is 11.4 Å². The van der Waals surface area contributed by atoms with E-state index in [4.69, 9.17) is 21.1 Å². The van der Waals surface area contributed by atoms with Crippen molar-refractivity contribution < 1.29 is 19.1 Å². The van der Waals surface area contributed by atoms with Crippen molar-refractivity contribution in [2.45, 2.75) is 64.2 Å². The fourth-order valence-electron chi connectivity index (χ4n) is 4.57. The molecule has 1 atom stereocenters. The Balaban J connectivity index is 1.52. The Morgan fingerprint density at radius 1 is 1.11 bits per heavy atom. The van der Waals surface area contributed by atoms with Gasteiger partial charge in [-0.05, 0) is 54.8 Å². The van der Waals surface area contributed by atoms with E-state index < -0.39 is 6.04 Å². The minimum atomic E-state index is -0.713. The molecular weight excluding hydrogens is 508 g/mol. The quantitative estimate of drug-likeness (QED) is 0.415. The Hall–Kier alpha value is -3.66. The molecule has 0 unspecified atom stereocenters. The van der Waals surface area contributed by atoms with Gasteiger partial charge in [-0.25, -0.2) is 0 Å². The third kappa shape index (κ3) is 6.61. The Labute approximate surface area is 227 Å². The molecule has 10 nitrogen and oxygen atoms in total. The molecular formula is C27H33ClN6O4. The third-order valence-electron chi connectivity index (χ3n) is 6.79. The van der Waals surface area contributed by atoms with E-state index in [9.17, 15) is 9.59 Å². The van der Waals surface area contributed by atoms with Gasteiger partial charge in [0.15, 0.2) is 11.5 Å². The molecule has 0 bridgehead atoms. The maximum Gasteiger partial charge on any atom is 0.247 e. The number of nitrogens with one attached hydrogen (secondary N) is 1. The standard InChI is InChI=1S/C27H33ClN6O4/c1-18(27(36)29-21-10-5-4-6-11-21)33(16-20-9-7-8-12-22(20)28)25(35)17-34-31-26(30-32-34)19-13-14-23(37-2)24(15-19)38-3/h7-9,12-15,18,21H,4-6,10-11,16-17H2,1-3H3,(H,29,36)/t18-/m0/s1. The minimum Gasteiger partial charge on any atom is -0.493 e. The van der Waals surface area contributed by atoms with E-state index in [1.807, 2.05) is 18.2 Å². The molecule has 0 spiro atoms. The Morgan fingerprint density at radius 2 is 1.84 bits per heavy atom. The Bertz CT molecular complexity index is 1260. The minimum absolute atomic E-state index is 0.136. The van der Waals surface area contributed by atoms with Crippen LogP contribution in [0.2, 0.25) is 5.02 Å². The molecule has 0 saturated heterocycles. The first-order valence-corrected chi connectivity index (χ1v) is 13.1. The smallest absolute Gasteiger partial charge is 0.247 e. The van der Waals surface area contributed by atoms with Gasteiger partial charge in [0.25, 0.3) is 0 Å². The Morgan fingerprint density at radius 3 is 2.55 bits per heavy atom. The number of hydrogen-bond donors (Lipinski definition) is 1. The van der Waals surface area contributed by atoms with E-state index in [2.05, 4.69) is 20.7 Å². The fraction of sp³-hybridized carbons (Fsp3) is 0.444. The molecule has 0 aliphatic heterocycles. The van der Waals surface area contributed by atoms with E-state index in [1.165, 1.54) is 16.1 Å². The molecule has 1 fully saturated rings. The Kier molecular flexibility index (Phi) is 9.17. The zero-order chi connectivity index (χ0) is 27.1. The molecule has 1 N–H and O–H groups in total. The van der Waals surface area contributed by atoms with Crippen LogP contribution >= 0.6 is 11.6 Å². The van der Waals surface area contributed by atoms with Gasteiger partial charge in [-0.15, -0.1) is 10.2 Å². The maximum absolute atomic E-state index is 13.5. The van der Waals surface area contributed by atoms with Crippen molar-refractivity contribution in [2.24, 2.45) is 0 Å². The van der Waals surface area contributed by atoms with Crippen LogP contribution in [0.5, 0.6) is 11.5 Å². The lowest BCUT2D eigenvalue weighted by atomic mass is 9.95. The van der Waals surface area contributed by atoms with E-state index >= 15 is 0 Å². The molecule has 1 aromatic heterocycles. The van der Waals surface area contributed by atoms with Crippen LogP contribution in [0.3, 0.4) is 0 Å². The van der Waals surface area contributed by atoms with Crippen molar-refractivity contribution in [3.8, 4) is 22.9 Å². The highest BCUT2D eigenvalue weighted by atomic mass is 35.5. The van der Waals surface area contributed by atoms with Crippen molar-refractivity contribution in [3.05, 3.63) is 53.1 Å². The zero-order valence-corrected chi connectivity index (χ0v) is 22.6. The lowest BCUT2D eigenvalue weighted by Crippen LogP contribution is -2.51. The molecule has 1 heterocycles. The van der Waals surface area contributed by atoms with Crippen LogP contribution in [0.15, 0.2) is 42.5 Å². The molecule has 2 aromatic carbocycles. The SMILES string of the molecule is COc1ccc(-c2nnn(CC(=O)N(Cc3ccccc3Cl)[C@@H](C)C(=O)NC3CCCCC3)n2)cc1OC. The maximum atomic E-state index is 13.5. The summed E-state index contributed by atoms with van der Waals surface area (Å²) in [5.74, 6) is 0.928. The van der Waals surface area contributed by atoms with Crippen molar-refractivity contribution in [1.29, 1.82) is 0 Å². The molecule has 0 radical (unpaired) electrons. The van der Waals surface area contributed by atoms with Gasteiger partial charge in [0.05, 0.1) is 14.2 Å². The lowest BCUT2D eigenvalue weighted by Gasteiger charge is -2.31. The molecule has 202 valence electrons. The molecule has 4 rings (SSSR count). The molecule has 38 heavy (non-hydrogen) atoms. The second kappa shape index (κ2) is 12.7. The number of aromatic nitrogens is 4. The average Bonchev–Trinajstić information content (AvgIpc) is 3.40. The number of hydrogen-bond acceptors (Lipinski definition) is 7. The molecule has 1 aliphatic rings. The number of ether oxygens (including phenoxy) is 2. The number of halogens is 1. The summed E-state index contributed by atoms with van der Waals surface area (Å²) in [4.78, 5) is 29.4. The number of amides is 2. The van der Waals surface area contributed by atoms with Gasteiger partial charge in [0, 0.05) is 23.2 Å². The second-order valence-corrected chi connectivity index (χ2v) is 9.75. The summed E-state index contributed by atoms with van der Waals surface area (Å²) in [7, 11) is 3.10. The fourth-order valence-corrected chi connectivity index (χ4v) is 4.77. The largest absolute Gasteiger partial charge is 0.493 e. The molecule has 11 heteroatoms. The topological polar surface area (TPSA) is 111 Å². The van der Waals surface area contributed by atoms with Gasteiger partial charge in [-0.3, -0.25) is 9.59 Å². The van der Waals surface area contributed by atoms with Gasteiger partial charge >= 0.3 is 0 Å². The van der Waals surface area contributed by atoms with Gasteiger partial charge < -0.3 is 19.7 Å². The van der Waals surface area contributed by atoms with Crippen LogP contribution in [0.1, 0.15) is 44.6 Å². The number of tetrazole rings is 1. The number of nitrogens with zero attached hydrogens (tertiary/aromatic N) is 5. The first kappa shape index (κ1) is 27.4. The normalized spacial score (nSPS) is 14.5. The van der Waals surface area contributed by atoms with E-state index in [1.54, 1.807) is 45.4 Å². The van der Waals surface area contributed by atoms with Crippen LogP contribution in [0, 0.1) is 0 Å². The average molecular weight is 541 g/mol. The van der Waals surface area contributed by atoms with Gasteiger partial charge in [0.2, 0.25) is 17.6 Å². The zero-order valence-electron chi connectivity index (χ0n) is 21.9. The summed E-state index contributed by atoms with van der Waals surface area (Å²) in [5.41, 5.74) is 1.41. The van der Waals surface area contributed by atoms with Crippen molar-refractivity contribution in [1.82, 2.24) is 30.4 Å². The van der Waals surface area contributed by atoms with Gasteiger partial charge in [-0.1, -0.05) is 49.1 Å². The van der Waals surface area contributed by atoms with Crippen molar-refractivity contribution >= 4 is 23.4 Å². The third-order valence-corrected chi connectivity index (χ3v) is 7.16. The van der Waals surface area contributed by atoms with E-state index in [0.717, 1.165) is 31.2 Å². The van der Waals surface area contributed by atoms with Crippen LogP contribution in [-0.4, -0.2) is 63.2 Å². The molecule has 1 aliphatic carbocycles. The summed E-state index contributed by atoms with van der Waals surface area (Å²) in [6, 6.07) is 12.0. The van der Waals surface area contributed by atoms with Crippen LogP contribution in [-0.2, 0) is 22.7 Å². The highest BCUT2D eigenvalue weighted by Crippen LogP contribution is 2.30. The first-order chi connectivity index (χ1) is 18.4. The number of carbonyl (C=O) groups is 2. The van der Waals surface area contributed by atoms with Crippen LogP contribution < -0.4 is 14.8 Å². The summed E-state index contributed by atoms with van der Waals surface area (Å²) in [6.45, 7) is 1.72.